The van der Waals surface area contributed by atoms with Crippen LogP contribution in [0.3, 0.4) is 0 Å². The number of esters is 1. The maximum Gasteiger partial charge on any atom is 0.307 e. The quantitative estimate of drug-likeness (QED) is 0.0596. The smallest absolute Gasteiger partial charge is 0.307 e. The maximum atomic E-state index is 12.1. The zero-order valence-corrected chi connectivity index (χ0v) is 24.1. The Morgan fingerprint density at radius 2 is 1.24 bits per heavy atom. The van der Waals surface area contributed by atoms with Gasteiger partial charge < -0.3 is 4.74 Å². The summed E-state index contributed by atoms with van der Waals surface area (Å²) in [4.78, 5) is 12.1. The van der Waals surface area contributed by atoms with Gasteiger partial charge in [0.05, 0.1) is 0 Å². The van der Waals surface area contributed by atoms with Crippen molar-refractivity contribution in [3.63, 3.8) is 0 Å². The minimum absolute atomic E-state index is 0.209. The van der Waals surface area contributed by atoms with Crippen LogP contribution in [0.15, 0.2) is 49.1 Å². The van der Waals surface area contributed by atoms with Gasteiger partial charge in [-0.3, -0.25) is 4.79 Å². The molecule has 0 aliphatic heterocycles. The van der Waals surface area contributed by atoms with Crippen LogP contribution in [-0.4, -0.2) is 12.1 Å². The predicted molar refractivity (Wildman–Crippen MR) is 162 cm³/mol. The van der Waals surface area contributed by atoms with E-state index >= 15 is 0 Å². The molecule has 0 fully saturated rings. The van der Waals surface area contributed by atoms with Crippen LogP contribution in [0.4, 0.5) is 0 Å². The summed E-state index contributed by atoms with van der Waals surface area (Å²) in [6.07, 6.45) is 36.0. The molecule has 0 N–H and O–H groups in total. The molecule has 0 aliphatic carbocycles. The van der Waals surface area contributed by atoms with E-state index in [-0.39, 0.29) is 5.97 Å². The Morgan fingerprint density at radius 1 is 0.703 bits per heavy atom. The zero-order valence-electron chi connectivity index (χ0n) is 24.1. The summed E-state index contributed by atoms with van der Waals surface area (Å²) in [6, 6.07) is 0. The SMILES string of the molecule is C=CC(C#CC#CCC=CCCCCCCC)OC(=O)CCCCCCCC=CCC=CCCCCC. The highest BCUT2D eigenvalue weighted by atomic mass is 16.5. The number of carbonyl (C=O) groups is 1. The third-order valence-electron chi connectivity index (χ3n) is 6.03. The van der Waals surface area contributed by atoms with Crippen LogP contribution in [0.2, 0.25) is 0 Å². The summed E-state index contributed by atoms with van der Waals surface area (Å²) < 4.78 is 5.39. The van der Waals surface area contributed by atoms with Gasteiger partial charge in [-0.15, -0.1) is 0 Å². The van der Waals surface area contributed by atoms with Gasteiger partial charge in [0.2, 0.25) is 0 Å². The average Bonchev–Trinajstić information content (AvgIpc) is 2.90. The molecule has 1 atom stereocenters. The van der Waals surface area contributed by atoms with Crippen molar-refractivity contribution in [1.82, 2.24) is 0 Å². The van der Waals surface area contributed by atoms with Crippen molar-refractivity contribution in [2.24, 2.45) is 0 Å². The van der Waals surface area contributed by atoms with Crippen molar-refractivity contribution in [3.05, 3.63) is 49.1 Å². The van der Waals surface area contributed by atoms with Crippen molar-refractivity contribution in [2.75, 3.05) is 0 Å². The lowest BCUT2D eigenvalue weighted by molar-refractivity contribution is -0.144. The molecule has 1 unspecified atom stereocenters. The lowest BCUT2D eigenvalue weighted by atomic mass is 10.1. The standard InChI is InChI=1S/C35H54O2/c1-4-7-9-11-13-15-17-19-20-21-23-25-27-29-31-33-35(36)37-34(6-3)32-30-28-26-24-22-18-16-14-12-10-8-5-2/h6,13,15,18-20,22,34H,3-5,7-12,14,16-17,21,23-25,27,29,31,33H2,1-2H3. The first-order valence-corrected chi connectivity index (χ1v) is 15.0. The summed E-state index contributed by atoms with van der Waals surface area (Å²) >= 11 is 0. The molecule has 0 heterocycles. The fraction of sp³-hybridized carbons (Fsp3) is 0.629. The number of hydrogen-bond acceptors (Lipinski definition) is 2. The molecule has 37 heavy (non-hydrogen) atoms. The molecule has 0 aromatic rings. The van der Waals surface area contributed by atoms with Gasteiger partial charge in [-0.1, -0.05) is 121 Å². The Kier molecular flexibility index (Phi) is 27.8. The van der Waals surface area contributed by atoms with E-state index in [0.29, 0.717) is 12.8 Å². The van der Waals surface area contributed by atoms with Crippen LogP contribution in [0.5, 0.6) is 0 Å². The highest BCUT2D eigenvalue weighted by molar-refractivity contribution is 5.70. The molecule has 2 nitrogen and oxygen atoms in total. The fourth-order valence-corrected chi connectivity index (χ4v) is 3.75. The highest BCUT2D eigenvalue weighted by Crippen LogP contribution is 2.09. The van der Waals surface area contributed by atoms with E-state index in [1.807, 2.05) is 0 Å². The third kappa shape index (κ3) is 28.0. The first-order valence-electron chi connectivity index (χ1n) is 15.0. The van der Waals surface area contributed by atoms with E-state index < -0.39 is 6.10 Å². The van der Waals surface area contributed by atoms with Gasteiger partial charge >= 0.3 is 5.97 Å². The molecule has 0 saturated heterocycles. The monoisotopic (exact) mass is 506 g/mol. The van der Waals surface area contributed by atoms with Crippen molar-refractivity contribution in [3.8, 4) is 23.7 Å². The molecule has 0 aliphatic rings. The molecular formula is C35H54O2. The summed E-state index contributed by atoms with van der Waals surface area (Å²) in [5.74, 6) is 11.3. The molecule has 0 radical (unpaired) electrons. The number of rotatable bonds is 23. The van der Waals surface area contributed by atoms with E-state index in [2.05, 4.69) is 80.6 Å². The number of carbonyl (C=O) groups excluding carboxylic acids is 1. The van der Waals surface area contributed by atoms with Gasteiger partial charge in [0.1, 0.15) is 0 Å². The van der Waals surface area contributed by atoms with Crippen molar-refractivity contribution < 1.29 is 9.53 Å². The molecule has 0 aromatic carbocycles. The Bertz CT molecular complexity index is 748. The summed E-state index contributed by atoms with van der Waals surface area (Å²) in [7, 11) is 0. The second-order valence-electron chi connectivity index (χ2n) is 9.58. The Labute approximate surface area is 230 Å². The lowest BCUT2D eigenvalue weighted by Gasteiger charge is -2.07. The number of unbranched alkanes of at least 4 members (excludes halogenated alkanes) is 13. The largest absolute Gasteiger partial charge is 0.445 e. The average molecular weight is 507 g/mol. The Hall–Kier alpha value is -2.45. The van der Waals surface area contributed by atoms with Crippen LogP contribution < -0.4 is 0 Å². The molecule has 0 aromatic heterocycles. The van der Waals surface area contributed by atoms with Crippen LogP contribution in [-0.2, 0) is 9.53 Å². The molecule has 0 spiro atoms. The first-order chi connectivity index (χ1) is 18.2. The number of allylic oxidation sites excluding steroid dienone is 6. The van der Waals surface area contributed by atoms with Crippen molar-refractivity contribution in [2.45, 2.75) is 142 Å². The van der Waals surface area contributed by atoms with Crippen LogP contribution in [0, 0.1) is 23.7 Å². The maximum absolute atomic E-state index is 12.1. The van der Waals surface area contributed by atoms with Gasteiger partial charge in [0.15, 0.2) is 6.10 Å². The van der Waals surface area contributed by atoms with Crippen LogP contribution in [0.25, 0.3) is 0 Å². The normalized spacial score (nSPS) is 11.8. The van der Waals surface area contributed by atoms with Gasteiger partial charge in [-0.25, -0.2) is 0 Å². The van der Waals surface area contributed by atoms with Gasteiger partial charge in [-0.2, -0.15) is 0 Å². The van der Waals surface area contributed by atoms with E-state index in [0.717, 1.165) is 38.5 Å². The minimum Gasteiger partial charge on any atom is -0.445 e. The predicted octanol–water partition coefficient (Wildman–Crippen LogP) is 10.2. The molecular weight excluding hydrogens is 452 g/mol. The van der Waals surface area contributed by atoms with Crippen molar-refractivity contribution >= 4 is 5.97 Å². The van der Waals surface area contributed by atoms with Gasteiger partial charge in [-0.05, 0) is 75.2 Å². The summed E-state index contributed by atoms with van der Waals surface area (Å²) in [6.45, 7) is 8.20. The second-order valence-corrected chi connectivity index (χ2v) is 9.58. The molecule has 0 rings (SSSR count). The highest BCUT2D eigenvalue weighted by Gasteiger charge is 2.07. The van der Waals surface area contributed by atoms with E-state index in [1.165, 1.54) is 70.6 Å². The summed E-state index contributed by atoms with van der Waals surface area (Å²) in [5, 5.41) is 0. The fourth-order valence-electron chi connectivity index (χ4n) is 3.75. The first kappa shape index (κ1) is 34.6. The van der Waals surface area contributed by atoms with Crippen molar-refractivity contribution in [1.29, 1.82) is 0 Å². The minimum atomic E-state index is -0.585. The van der Waals surface area contributed by atoms with Crippen LogP contribution >= 0.6 is 0 Å². The van der Waals surface area contributed by atoms with Gasteiger partial charge in [0, 0.05) is 12.8 Å². The molecule has 2 heteroatoms. The zero-order chi connectivity index (χ0) is 27.1. The van der Waals surface area contributed by atoms with Crippen LogP contribution in [0.1, 0.15) is 136 Å². The molecule has 0 bridgehead atoms. The molecule has 0 amide bonds. The third-order valence-corrected chi connectivity index (χ3v) is 6.03. The summed E-state index contributed by atoms with van der Waals surface area (Å²) in [5.41, 5.74) is 0. The molecule has 0 saturated carbocycles. The van der Waals surface area contributed by atoms with E-state index in [4.69, 9.17) is 4.74 Å². The Morgan fingerprint density at radius 3 is 1.89 bits per heavy atom. The molecule has 206 valence electrons. The topological polar surface area (TPSA) is 26.3 Å². The Balaban J connectivity index is 3.77. The number of ether oxygens (including phenoxy) is 1. The van der Waals surface area contributed by atoms with E-state index in [1.54, 1.807) is 6.08 Å². The second kappa shape index (κ2) is 29.8. The van der Waals surface area contributed by atoms with E-state index in [9.17, 15) is 4.79 Å². The van der Waals surface area contributed by atoms with Gasteiger partial charge in [0.25, 0.3) is 0 Å². The lowest BCUT2D eigenvalue weighted by Crippen LogP contribution is -2.13. The number of hydrogen-bond donors (Lipinski definition) is 0.